The lowest BCUT2D eigenvalue weighted by molar-refractivity contribution is 0.622. The van der Waals surface area contributed by atoms with Gasteiger partial charge in [0, 0.05) is 48.6 Å². The van der Waals surface area contributed by atoms with Crippen LogP contribution < -0.4 is 4.90 Å². The maximum Gasteiger partial charge on any atom is 0.227 e. The average Bonchev–Trinajstić information content (AvgIpc) is 3.75. The molecule has 0 radical (unpaired) electrons. The van der Waals surface area contributed by atoms with E-state index >= 15 is 0 Å². The van der Waals surface area contributed by atoms with Gasteiger partial charge in [0.25, 0.3) is 0 Å². The summed E-state index contributed by atoms with van der Waals surface area (Å²) < 4.78 is 15.4. The summed E-state index contributed by atoms with van der Waals surface area (Å²) in [6.45, 7) is 0. The number of rotatable bonds is 4. The predicted octanol–water partition coefficient (Wildman–Crippen LogP) is 11.2. The van der Waals surface area contributed by atoms with Crippen molar-refractivity contribution in [1.82, 2.24) is 4.98 Å². The number of hydrogen-bond donors (Lipinski definition) is 0. The number of benzene rings is 6. The lowest BCUT2D eigenvalue weighted by Crippen LogP contribution is -2.10. The molecule has 0 aliphatic rings. The Morgan fingerprint density at radius 2 is 1.33 bits per heavy atom. The summed E-state index contributed by atoms with van der Waals surface area (Å²) in [4.78, 5) is 7.10. The van der Waals surface area contributed by atoms with Gasteiger partial charge < -0.3 is 13.7 Å². The van der Waals surface area contributed by atoms with E-state index in [0.717, 1.165) is 55.7 Å². The molecule has 0 amide bonds. The Kier molecular flexibility index (Phi) is 5.03. The lowest BCUT2D eigenvalue weighted by Gasteiger charge is -2.26. The normalized spacial score (nSPS) is 11.8. The van der Waals surface area contributed by atoms with Gasteiger partial charge in [0.15, 0.2) is 5.58 Å². The molecular weight excluding hydrogens is 536 g/mol. The molecule has 0 atom stereocenters. The molecule has 9 rings (SSSR count). The molecule has 9 aromatic rings. The third kappa shape index (κ3) is 3.51. The second-order valence-corrected chi connectivity index (χ2v) is 11.5. The molecule has 0 N–H and O–H groups in total. The Hall–Kier alpha value is -5.39. The fraction of sp³-hybridized carbons (Fsp3) is 0. The molecule has 0 aliphatic heterocycles. The van der Waals surface area contributed by atoms with Crippen LogP contribution in [0.2, 0.25) is 0 Å². The van der Waals surface area contributed by atoms with Crippen molar-refractivity contribution in [2.24, 2.45) is 0 Å². The fourth-order valence-electron chi connectivity index (χ4n) is 6.02. The molecule has 0 aliphatic carbocycles. The minimum atomic E-state index is 0.607. The van der Waals surface area contributed by atoms with Crippen LogP contribution in [0.3, 0.4) is 0 Å². The van der Waals surface area contributed by atoms with Crippen molar-refractivity contribution in [2.45, 2.75) is 0 Å². The molecule has 0 fully saturated rings. The summed E-state index contributed by atoms with van der Waals surface area (Å²) in [5, 5.41) is 4.47. The molecule has 0 saturated heterocycles. The summed E-state index contributed by atoms with van der Waals surface area (Å²) in [7, 11) is 0. The first kappa shape index (κ1) is 23.3. The van der Waals surface area contributed by atoms with Gasteiger partial charge >= 0.3 is 0 Å². The zero-order valence-corrected chi connectivity index (χ0v) is 23.1. The number of furan rings is 1. The second-order valence-electron chi connectivity index (χ2n) is 10.4. The molecule has 42 heavy (non-hydrogen) atoms. The van der Waals surface area contributed by atoms with Crippen molar-refractivity contribution in [1.29, 1.82) is 0 Å². The highest BCUT2D eigenvalue weighted by Gasteiger charge is 2.21. The van der Waals surface area contributed by atoms with Crippen LogP contribution in [0.4, 0.5) is 17.1 Å². The van der Waals surface area contributed by atoms with Gasteiger partial charge in [0.2, 0.25) is 5.89 Å². The SMILES string of the molecule is c1ccc(-c2nc3ccc4oc5cc(N(c6ccccc6)c6cccc7sc8ccccc8c67)ccc5c4c3o2)cc1. The molecule has 0 saturated carbocycles. The highest BCUT2D eigenvalue weighted by molar-refractivity contribution is 7.26. The monoisotopic (exact) mass is 558 g/mol. The number of thiophene rings is 1. The van der Waals surface area contributed by atoms with E-state index in [2.05, 4.69) is 95.9 Å². The minimum absolute atomic E-state index is 0.607. The standard InChI is InChI=1S/C37H22N2O2S/c1-3-10-23(11-4-1)37-38-28-20-21-30-35(36(28)41-37)26-19-18-25(22-31(26)40-30)39(24-12-5-2-6-13-24)29-15-9-17-33-34(29)27-14-7-8-16-32(27)42-33/h1-22H. The molecule has 5 heteroatoms. The van der Waals surface area contributed by atoms with Gasteiger partial charge in [-0.2, -0.15) is 0 Å². The van der Waals surface area contributed by atoms with E-state index in [-0.39, 0.29) is 0 Å². The molecule has 6 aromatic carbocycles. The van der Waals surface area contributed by atoms with E-state index in [4.69, 9.17) is 13.8 Å². The summed E-state index contributed by atoms with van der Waals surface area (Å²) in [6, 6.07) is 46.1. The number of anilines is 3. The smallest absolute Gasteiger partial charge is 0.227 e. The highest BCUT2D eigenvalue weighted by atomic mass is 32.1. The number of nitrogens with zero attached hydrogens (tertiary/aromatic N) is 2. The van der Waals surface area contributed by atoms with E-state index in [9.17, 15) is 0 Å². The lowest BCUT2D eigenvalue weighted by atomic mass is 10.1. The quantitative estimate of drug-likeness (QED) is 0.215. The van der Waals surface area contributed by atoms with E-state index in [1.54, 1.807) is 0 Å². The summed E-state index contributed by atoms with van der Waals surface area (Å²) in [5.74, 6) is 0.607. The van der Waals surface area contributed by atoms with Crippen molar-refractivity contribution in [3.8, 4) is 11.5 Å². The van der Waals surface area contributed by atoms with Gasteiger partial charge in [0.1, 0.15) is 16.7 Å². The van der Waals surface area contributed by atoms with Crippen molar-refractivity contribution < 1.29 is 8.83 Å². The number of para-hydroxylation sites is 1. The van der Waals surface area contributed by atoms with E-state index in [1.807, 2.05) is 53.8 Å². The third-order valence-electron chi connectivity index (χ3n) is 7.89. The Bertz CT molecular complexity index is 2420. The topological polar surface area (TPSA) is 42.4 Å². The van der Waals surface area contributed by atoms with E-state index < -0.39 is 0 Å². The predicted molar refractivity (Wildman–Crippen MR) is 174 cm³/mol. The van der Waals surface area contributed by atoms with E-state index in [1.165, 1.54) is 20.2 Å². The van der Waals surface area contributed by atoms with Gasteiger partial charge in [-0.1, -0.05) is 60.7 Å². The number of hydrogen-bond acceptors (Lipinski definition) is 5. The van der Waals surface area contributed by atoms with Crippen LogP contribution in [-0.2, 0) is 0 Å². The third-order valence-corrected chi connectivity index (χ3v) is 9.02. The summed E-state index contributed by atoms with van der Waals surface area (Å²) in [6.07, 6.45) is 0. The number of fused-ring (bicyclic) bond motifs is 8. The largest absolute Gasteiger partial charge is 0.456 e. The molecule has 3 heterocycles. The van der Waals surface area contributed by atoms with Crippen LogP contribution >= 0.6 is 11.3 Å². The Labute approximate surface area is 244 Å². The average molecular weight is 559 g/mol. The van der Waals surface area contributed by atoms with Crippen LogP contribution in [0.25, 0.3) is 64.7 Å². The summed E-state index contributed by atoms with van der Waals surface area (Å²) in [5.41, 5.74) is 7.33. The van der Waals surface area contributed by atoms with Gasteiger partial charge in [-0.05, 0) is 66.7 Å². The van der Waals surface area contributed by atoms with Crippen LogP contribution in [0.15, 0.2) is 142 Å². The number of aromatic nitrogens is 1. The van der Waals surface area contributed by atoms with Gasteiger partial charge in [-0.25, -0.2) is 4.98 Å². The minimum Gasteiger partial charge on any atom is -0.456 e. The number of oxazole rings is 1. The summed E-state index contributed by atoms with van der Waals surface area (Å²) >= 11 is 1.83. The van der Waals surface area contributed by atoms with Gasteiger partial charge in [0.05, 0.1) is 11.1 Å². The second kappa shape index (κ2) is 9.06. The molecule has 0 bridgehead atoms. The maximum absolute atomic E-state index is 6.47. The van der Waals surface area contributed by atoms with Crippen LogP contribution in [0, 0.1) is 0 Å². The van der Waals surface area contributed by atoms with Crippen molar-refractivity contribution in [2.75, 3.05) is 4.90 Å². The first-order valence-electron chi connectivity index (χ1n) is 13.9. The fourth-order valence-corrected chi connectivity index (χ4v) is 7.15. The van der Waals surface area contributed by atoms with Crippen LogP contribution in [0.1, 0.15) is 0 Å². The van der Waals surface area contributed by atoms with Gasteiger partial charge in [-0.3, -0.25) is 0 Å². The zero-order valence-electron chi connectivity index (χ0n) is 22.3. The maximum atomic E-state index is 6.47. The van der Waals surface area contributed by atoms with Crippen LogP contribution in [-0.4, -0.2) is 4.98 Å². The molecule has 0 spiro atoms. The molecular formula is C37H22N2O2S. The van der Waals surface area contributed by atoms with E-state index in [0.29, 0.717) is 5.89 Å². The van der Waals surface area contributed by atoms with Crippen LogP contribution in [0.5, 0.6) is 0 Å². The Morgan fingerprint density at radius 1 is 0.548 bits per heavy atom. The first-order valence-corrected chi connectivity index (χ1v) is 14.7. The van der Waals surface area contributed by atoms with Crippen molar-refractivity contribution >= 4 is 81.6 Å². The molecule has 4 nitrogen and oxygen atoms in total. The van der Waals surface area contributed by atoms with Gasteiger partial charge in [-0.15, -0.1) is 11.3 Å². The molecule has 198 valence electrons. The Morgan fingerprint density at radius 3 is 2.21 bits per heavy atom. The molecule has 0 unspecified atom stereocenters. The molecule has 3 aromatic heterocycles. The zero-order chi connectivity index (χ0) is 27.6. The van der Waals surface area contributed by atoms with Crippen molar-refractivity contribution in [3.63, 3.8) is 0 Å². The first-order chi connectivity index (χ1) is 20.8. The Balaban J connectivity index is 1.27. The highest BCUT2D eigenvalue weighted by Crippen LogP contribution is 2.46. The van der Waals surface area contributed by atoms with Crippen molar-refractivity contribution in [3.05, 3.63) is 133 Å².